The van der Waals surface area contributed by atoms with Crippen molar-refractivity contribution in [3.63, 3.8) is 0 Å². The van der Waals surface area contributed by atoms with Crippen molar-refractivity contribution in [3.05, 3.63) is 65.5 Å². The second-order valence-electron chi connectivity index (χ2n) is 6.84. The van der Waals surface area contributed by atoms with Crippen molar-refractivity contribution in [2.24, 2.45) is 0 Å². The summed E-state index contributed by atoms with van der Waals surface area (Å²) in [5, 5.41) is 0. The van der Waals surface area contributed by atoms with Crippen LogP contribution in [0.25, 0.3) is 0 Å². The third-order valence-corrected chi connectivity index (χ3v) is 8.30. The minimum atomic E-state index is -3.87. The zero-order valence-electron chi connectivity index (χ0n) is 15.4. The van der Waals surface area contributed by atoms with Gasteiger partial charge in [0.2, 0.25) is 10.0 Å². The van der Waals surface area contributed by atoms with Crippen LogP contribution in [0.5, 0.6) is 5.75 Å². The van der Waals surface area contributed by atoms with Gasteiger partial charge in [-0.1, -0.05) is 24.3 Å². The molecule has 0 radical (unpaired) electrons. The molecule has 6 nitrogen and oxygen atoms in total. The fourth-order valence-corrected chi connectivity index (χ4v) is 6.86. The summed E-state index contributed by atoms with van der Waals surface area (Å²) in [5.41, 5.74) is 1.04. The average Bonchev–Trinajstić information content (AvgIpc) is 2.99. The average molecular weight is 428 g/mol. The Bertz CT molecular complexity index is 1040. The van der Waals surface area contributed by atoms with Gasteiger partial charge in [-0.3, -0.25) is 0 Å². The number of methoxy groups -OCH3 is 1. The lowest BCUT2D eigenvalue weighted by Crippen LogP contribution is -2.41. The number of sulfonamides is 1. The van der Waals surface area contributed by atoms with Gasteiger partial charge in [0.1, 0.15) is 11.6 Å². The van der Waals surface area contributed by atoms with E-state index in [0.717, 1.165) is 0 Å². The Balaban J connectivity index is 1.90. The predicted molar refractivity (Wildman–Crippen MR) is 105 cm³/mol. The topological polar surface area (TPSA) is 80.8 Å². The summed E-state index contributed by atoms with van der Waals surface area (Å²) in [7, 11) is -5.60. The maximum Gasteiger partial charge on any atom is 0.218 e. The molecular weight excluding hydrogens is 405 g/mol. The van der Waals surface area contributed by atoms with Gasteiger partial charge in [-0.05, 0) is 41.8 Å². The number of hydrogen-bond acceptors (Lipinski definition) is 5. The molecule has 1 atom stereocenters. The number of nitrogens with zero attached hydrogens (tertiary/aromatic N) is 1. The number of rotatable bonds is 7. The highest BCUT2D eigenvalue weighted by Crippen LogP contribution is 2.26. The monoisotopic (exact) mass is 427 g/mol. The third-order valence-electron chi connectivity index (χ3n) is 4.71. The number of benzene rings is 2. The van der Waals surface area contributed by atoms with E-state index < -0.39 is 37.5 Å². The first-order chi connectivity index (χ1) is 13.2. The molecule has 3 rings (SSSR count). The van der Waals surface area contributed by atoms with Crippen LogP contribution in [0.1, 0.15) is 17.5 Å². The van der Waals surface area contributed by atoms with Crippen LogP contribution in [-0.2, 0) is 32.2 Å². The van der Waals surface area contributed by atoms with Gasteiger partial charge in [0, 0.05) is 12.6 Å². The molecule has 1 fully saturated rings. The Morgan fingerprint density at radius 3 is 2.43 bits per heavy atom. The van der Waals surface area contributed by atoms with Crippen molar-refractivity contribution in [2.75, 3.05) is 18.6 Å². The Kier molecular flexibility index (Phi) is 6.07. The maximum absolute atomic E-state index is 13.5. The van der Waals surface area contributed by atoms with Gasteiger partial charge >= 0.3 is 0 Å². The molecule has 1 aliphatic heterocycles. The van der Waals surface area contributed by atoms with Gasteiger partial charge in [0.25, 0.3) is 0 Å². The zero-order valence-corrected chi connectivity index (χ0v) is 17.0. The van der Waals surface area contributed by atoms with Gasteiger partial charge < -0.3 is 4.74 Å². The molecule has 0 bridgehead atoms. The first kappa shape index (κ1) is 20.8. The molecule has 28 heavy (non-hydrogen) atoms. The van der Waals surface area contributed by atoms with E-state index in [1.165, 1.54) is 35.7 Å². The second kappa shape index (κ2) is 8.18. The van der Waals surface area contributed by atoms with Crippen molar-refractivity contribution in [2.45, 2.75) is 24.8 Å². The van der Waals surface area contributed by atoms with Gasteiger partial charge in [0.05, 0.1) is 24.4 Å². The molecule has 0 aromatic heterocycles. The van der Waals surface area contributed by atoms with Crippen molar-refractivity contribution >= 4 is 19.9 Å². The maximum atomic E-state index is 13.5. The van der Waals surface area contributed by atoms with Crippen LogP contribution < -0.4 is 4.74 Å². The van der Waals surface area contributed by atoms with E-state index in [2.05, 4.69) is 0 Å². The smallest absolute Gasteiger partial charge is 0.218 e. The lowest BCUT2D eigenvalue weighted by Gasteiger charge is -2.27. The molecule has 2 aromatic carbocycles. The van der Waals surface area contributed by atoms with Crippen molar-refractivity contribution < 1.29 is 26.0 Å². The van der Waals surface area contributed by atoms with Crippen LogP contribution in [-0.4, -0.2) is 45.8 Å². The van der Waals surface area contributed by atoms with Gasteiger partial charge in [-0.2, -0.15) is 4.31 Å². The lowest BCUT2D eigenvalue weighted by molar-refractivity contribution is 0.333. The number of sulfone groups is 1. The van der Waals surface area contributed by atoms with Crippen molar-refractivity contribution in [1.82, 2.24) is 4.31 Å². The molecule has 0 aliphatic carbocycles. The lowest BCUT2D eigenvalue weighted by atomic mass is 10.2. The van der Waals surface area contributed by atoms with Crippen LogP contribution in [0.2, 0.25) is 0 Å². The van der Waals surface area contributed by atoms with E-state index in [0.29, 0.717) is 16.9 Å². The minimum Gasteiger partial charge on any atom is -0.497 e. The van der Waals surface area contributed by atoms with E-state index in [4.69, 9.17) is 4.74 Å². The zero-order chi connectivity index (χ0) is 20.4. The number of hydrogen-bond donors (Lipinski definition) is 0. The molecule has 0 N–H and O–H groups in total. The highest BCUT2D eigenvalue weighted by molar-refractivity contribution is 7.92. The van der Waals surface area contributed by atoms with E-state index in [-0.39, 0.29) is 24.5 Å². The summed E-state index contributed by atoms with van der Waals surface area (Å²) in [4.78, 5) is 0. The standard InChI is InChI=1S/C19H22FNO5S2/c1-26-19-7-5-15(6-8-19)12-21(18-9-10-27(22,23)14-18)28(24,25)13-16-3-2-4-17(20)11-16/h2-8,11,18H,9-10,12-14H2,1H3. The summed E-state index contributed by atoms with van der Waals surface area (Å²) in [6.45, 7) is 0.0435. The first-order valence-corrected chi connectivity index (χ1v) is 12.2. The number of halogens is 1. The predicted octanol–water partition coefficient (Wildman–Crippen LogP) is 2.35. The highest BCUT2D eigenvalue weighted by Gasteiger charge is 2.38. The molecule has 1 heterocycles. The van der Waals surface area contributed by atoms with Crippen LogP contribution in [0.15, 0.2) is 48.5 Å². The minimum absolute atomic E-state index is 0.0355. The first-order valence-electron chi connectivity index (χ1n) is 8.76. The molecule has 0 amide bonds. The molecule has 1 unspecified atom stereocenters. The third kappa shape index (κ3) is 5.09. The molecule has 2 aromatic rings. The van der Waals surface area contributed by atoms with Crippen molar-refractivity contribution in [3.8, 4) is 5.75 Å². The molecule has 0 spiro atoms. The van der Waals surface area contributed by atoms with E-state index in [1.54, 1.807) is 24.3 Å². The van der Waals surface area contributed by atoms with Gasteiger partial charge in [0.15, 0.2) is 9.84 Å². The summed E-state index contributed by atoms with van der Waals surface area (Å²) < 4.78 is 69.9. The summed E-state index contributed by atoms with van der Waals surface area (Å²) in [5.74, 6) is -0.505. The Labute approximate surface area is 164 Å². The Morgan fingerprint density at radius 1 is 1.14 bits per heavy atom. The van der Waals surface area contributed by atoms with Crippen LogP contribution in [0.4, 0.5) is 4.39 Å². The Morgan fingerprint density at radius 2 is 1.86 bits per heavy atom. The fraction of sp³-hybridized carbons (Fsp3) is 0.368. The van der Waals surface area contributed by atoms with E-state index in [1.807, 2.05) is 0 Å². The normalized spacial score (nSPS) is 19.0. The molecule has 152 valence electrons. The van der Waals surface area contributed by atoms with Crippen LogP contribution >= 0.6 is 0 Å². The van der Waals surface area contributed by atoms with Crippen molar-refractivity contribution in [1.29, 1.82) is 0 Å². The molecular formula is C19H22FNO5S2. The van der Waals surface area contributed by atoms with E-state index >= 15 is 0 Å². The quantitative estimate of drug-likeness (QED) is 0.678. The molecule has 9 heteroatoms. The second-order valence-corrected chi connectivity index (χ2v) is 11.0. The highest BCUT2D eigenvalue weighted by atomic mass is 32.2. The Hall–Kier alpha value is -1.97. The fourth-order valence-electron chi connectivity index (χ4n) is 3.29. The van der Waals surface area contributed by atoms with Crippen LogP contribution in [0.3, 0.4) is 0 Å². The summed E-state index contributed by atoms with van der Waals surface area (Å²) in [6, 6.07) is 11.7. The largest absolute Gasteiger partial charge is 0.497 e. The van der Waals surface area contributed by atoms with Crippen LogP contribution in [0, 0.1) is 5.82 Å². The summed E-state index contributed by atoms with van der Waals surface area (Å²) >= 11 is 0. The summed E-state index contributed by atoms with van der Waals surface area (Å²) in [6.07, 6.45) is 0.251. The van der Waals surface area contributed by atoms with E-state index in [9.17, 15) is 21.2 Å². The van der Waals surface area contributed by atoms with Gasteiger partial charge in [-0.15, -0.1) is 0 Å². The SMILES string of the molecule is COc1ccc(CN(C2CCS(=O)(=O)C2)S(=O)(=O)Cc2cccc(F)c2)cc1. The molecule has 1 aliphatic rings. The number of ether oxygens (including phenoxy) is 1. The van der Waals surface area contributed by atoms with Gasteiger partial charge in [-0.25, -0.2) is 21.2 Å². The molecule has 0 saturated carbocycles. The molecule has 1 saturated heterocycles.